The second kappa shape index (κ2) is 8.89. The summed E-state index contributed by atoms with van der Waals surface area (Å²) in [7, 11) is -1.97. The van der Waals surface area contributed by atoms with Gasteiger partial charge in [0.15, 0.2) is 0 Å². The molecule has 11 heteroatoms. The summed E-state index contributed by atoms with van der Waals surface area (Å²) in [5.74, 6) is 10.9. The van der Waals surface area contributed by atoms with Crippen molar-refractivity contribution >= 4 is 52.0 Å². The summed E-state index contributed by atoms with van der Waals surface area (Å²) < 4.78 is 16.4. The zero-order valence-corrected chi connectivity index (χ0v) is 23.6. The lowest BCUT2D eigenvalue weighted by molar-refractivity contribution is 0.465. The smallest absolute Gasteiger partial charge is 0.380 e. The van der Waals surface area contributed by atoms with Gasteiger partial charge in [0.25, 0.3) is 0 Å². The maximum atomic E-state index is 6.58. The monoisotopic (exact) mass is 533 g/mol. The van der Waals surface area contributed by atoms with Crippen LogP contribution in [0.5, 0.6) is 11.6 Å². The summed E-state index contributed by atoms with van der Waals surface area (Å²) in [5.41, 5.74) is 2.26. The third kappa shape index (κ3) is 3.43. The SMILES string of the molecule is C[Si]1(C)c2cccnc2Oc2c(C3=CN4B5C=CC=CN5B5C=CC=CN5B5C=CC=CN5B4C=C3)cccc21. The normalized spacial score (nSPS) is 20.7. The van der Waals surface area contributed by atoms with Gasteiger partial charge in [0.2, 0.25) is 5.88 Å². The van der Waals surface area contributed by atoms with Gasteiger partial charge in [0.1, 0.15) is 13.8 Å². The molecule has 0 atom stereocenters. The molecule has 6 aliphatic heterocycles. The van der Waals surface area contributed by atoms with Gasteiger partial charge < -0.3 is 23.6 Å². The van der Waals surface area contributed by atoms with E-state index < -0.39 is 8.07 Å². The molecule has 6 aliphatic rings. The molecule has 0 saturated carbocycles. The van der Waals surface area contributed by atoms with E-state index in [9.17, 15) is 0 Å². The molecular formula is C29H27B4N5OSi. The molecule has 0 bridgehead atoms. The van der Waals surface area contributed by atoms with Gasteiger partial charge in [-0.05, 0) is 59.9 Å². The predicted octanol–water partition coefficient (Wildman–Crippen LogP) is 3.50. The van der Waals surface area contributed by atoms with Crippen LogP contribution >= 0.6 is 0 Å². The van der Waals surface area contributed by atoms with Crippen molar-refractivity contribution in [1.82, 2.24) is 23.9 Å². The van der Waals surface area contributed by atoms with E-state index in [1.807, 2.05) is 12.3 Å². The number of allylic oxidation sites excluding steroid dienone is 8. The van der Waals surface area contributed by atoms with Crippen molar-refractivity contribution in [1.29, 1.82) is 0 Å². The molecule has 0 spiro atoms. The lowest BCUT2D eigenvalue weighted by atomic mass is 9.41. The fraction of sp³-hybridized carbons (Fsp3) is 0.0690. The standard InChI is InChI=1S/C29H27B4N5OSi/c1-40(2)26-12-9-11-25(28(26)39-29-27(40)13-10-19-34-29)24-14-18-33-37-22-7-4-16-31(37)35-20-6-3-15-30(35)36-21-8-5-17-32(36)38(33)23-24/h3-23H,1-2H3. The van der Waals surface area contributed by atoms with E-state index in [4.69, 9.17) is 4.74 Å². The van der Waals surface area contributed by atoms with Gasteiger partial charge in [0, 0.05) is 16.9 Å². The highest BCUT2D eigenvalue weighted by Crippen LogP contribution is 2.37. The van der Waals surface area contributed by atoms with Crippen LogP contribution in [-0.4, -0.2) is 59.9 Å². The number of pyridine rings is 1. The second-order valence-electron chi connectivity index (χ2n) is 11.3. The zero-order chi connectivity index (χ0) is 26.8. The summed E-state index contributed by atoms with van der Waals surface area (Å²) in [5, 5.41) is 2.57. The van der Waals surface area contributed by atoms with Crippen molar-refractivity contribution in [2.24, 2.45) is 0 Å². The van der Waals surface area contributed by atoms with Crippen molar-refractivity contribution in [3.8, 4) is 11.6 Å². The minimum Gasteiger partial charge on any atom is -0.439 e. The minimum atomic E-state index is -1.97. The number of hydrogen-bond donors (Lipinski definition) is 0. The molecule has 0 amide bonds. The average Bonchev–Trinajstić information content (AvgIpc) is 3.00. The lowest BCUT2D eigenvalue weighted by Gasteiger charge is -2.53. The van der Waals surface area contributed by atoms with Crippen LogP contribution in [0.1, 0.15) is 5.56 Å². The predicted molar refractivity (Wildman–Crippen MR) is 170 cm³/mol. The number of nitrogens with zero attached hydrogens (tertiary/aromatic N) is 5. The largest absolute Gasteiger partial charge is 0.439 e. The number of fused-ring (bicyclic) bond motifs is 10. The van der Waals surface area contributed by atoms with Crippen LogP contribution in [0, 0.1) is 0 Å². The number of aromatic nitrogens is 1. The van der Waals surface area contributed by atoms with Crippen molar-refractivity contribution in [2.45, 2.75) is 13.1 Å². The molecule has 1 aromatic heterocycles. The molecule has 1 saturated heterocycles. The number of benzene rings is 1. The van der Waals surface area contributed by atoms with Crippen molar-refractivity contribution in [3.05, 3.63) is 133 Å². The zero-order valence-electron chi connectivity index (χ0n) is 22.6. The molecule has 8 rings (SSSR count). The first-order valence-electron chi connectivity index (χ1n) is 13.9. The van der Waals surface area contributed by atoms with Crippen LogP contribution in [0.4, 0.5) is 0 Å². The van der Waals surface area contributed by atoms with Gasteiger partial charge in [-0.1, -0.05) is 85.6 Å². The molecule has 0 radical (unpaired) electrons. The Balaban J connectivity index is 1.26. The third-order valence-corrected chi connectivity index (χ3v) is 12.2. The molecule has 7 heterocycles. The maximum absolute atomic E-state index is 6.58. The van der Waals surface area contributed by atoms with Crippen LogP contribution < -0.4 is 15.1 Å². The quantitative estimate of drug-likeness (QED) is 0.523. The van der Waals surface area contributed by atoms with E-state index in [0.29, 0.717) is 0 Å². The van der Waals surface area contributed by atoms with Crippen LogP contribution in [0.3, 0.4) is 0 Å². The Morgan fingerprint density at radius 3 is 1.95 bits per heavy atom. The lowest BCUT2D eigenvalue weighted by Crippen LogP contribution is -2.73. The molecule has 1 aromatic carbocycles. The molecule has 6 nitrogen and oxygen atoms in total. The van der Waals surface area contributed by atoms with E-state index in [-0.39, 0.29) is 27.9 Å². The highest BCUT2D eigenvalue weighted by molar-refractivity contribution is 7.01. The van der Waals surface area contributed by atoms with Gasteiger partial charge in [-0.2, -0.15) is 0 Å². The molecule has 1 fully saturated rings. The summed E-state index contributed by atoms with van der Waals surface area (Å²) in [6.45, 7) is 5.03. The van der Waals surface area contributed by atoms with Crippen LogP contribution in [0.25, 0.3) is 5.57 Å². The van der Waals surface area contributed by atoms with Gasteiger partial charge in [-0.25, -0.2) is 4.98 Å². The molecule has 0 N–H and O–H groups in total. The minimum absolute atomic E-state index is 0.0347. The van der Waals surface area contributed by atoms with Crippen molar-refractivity contribution in [3.63, 3.8) is 0 Å². The fourth-order valence-corrected chi connectivity index (χ4v) is 9.48. The molecule has 2 aromatic rings. The highest BCUT2D eigenvalue weighted by atomic mass is 28.3. The Labute approximate surface area is 238 Å². The van der Waals surface area contributed by atoms with E-state index in [1.54, 1.807) is 0 Å². The van der Waals surface area contributed by atoms with Gasteiger partial charge in [-0.15, -0.1) is 0 Å². The van der Waals surface area contributed by atoms with E-state index in [0.717, 1.165) is 22.8 Å². The van der Waals surface area contributed by atoms with E-state index in [1.165, 1.54) is 10.4 Å². The second-order valence-corrected chi connectivity index (χ2v) is 15.7. The van der Waals surface area contributed by atoms with E-state index >= 15 is 0 Å². The fourth-order valence-electron chi connectivity index (χ4n) is 6.77. The highest BCUT2D eigenvalue weighted by Gasteiger charge is 2.50. The van der Waals surface area contributed by atoms with Crippen molar-refractivity contribution in [2.75, 3.05) is 0 Å². The average molecular weight is 533 g/mol. The van der Waals surface area contributed by atoms with E-state index in [2.05, 4.69) is 152 Å². The molecular weight excluding hydrogens is 506 g/mol. The van der Waals surface area contributed by atoms with Crippen LogP contribution in [-0.2, 0) is 0 Å². The molecule has 0 aliphatic carbocycles. The molecule has 0 unspecified atom stereocenters. The Bertz CT molecular complexity index is 1620. The van der Waals surface area contributed by atoms with Gasteiger partial charge >= 0.3 is 27.9 Å². The van der Waals surface area contributed by atoms with Crippen molar-refractivity contribution < 1.29 is 4.74 Å². The van der Waals surface area contributed by atoms with Gasteiger partial charge in [0.05, 0.1) is 0 Å². The summed E-state index contributed by atoms with van der Waals surface area (Å²) in [6, 6.07) is 10.8. The Kier molecular flexibility index (Phi) is 5.25. The summed E-state index contributed by atoms with van der Waals surface area (Å²) in [4.78, 5) is 4.63. The molecule has 40 heavy (non-hydrogen) atoms. The summed E-state index contributed by atoms with van der Waals surface area (Å²) in [6.07, 6.45) is 25.9. The third-order valence-electron chi connectivity index (χ3n) is 8.78. The first-order chi connectivity index (χ1) is 19.6. The maximum Gasteiger partial charge on any atom is 0.380 e. The Hall–Kier alpha value is -4.23. The first kappa shape index (κ1) is 23.6. The number of rotatable bonds is 1. The Morgan fingerprint density at radius 2 is 1.27 bits per heavy atom. The first-order valence-corrected chi connectivity index (χ1v) is 16.9. The topological polar surface area (TPSA) is 35.1 Å². The number of para-hydroxylation sites is 1. The summed E-state index contributed by atoms with van der Waals surface area (Å²) >= 11 is 0. The number of hydrogen-bond acceptors (Lipinski definition) is 6. The van der Waals surface area contributed by atoms with Gasteiger partial charge in [-0.3, -0.25) is 0 Å². The number of ether oxygens (including phenoxy) is 1. The van der Waals surface area contributed by atoms with Crippen LogP contribution in [0.2, 0.25) is 13.1 Å². The Morgan fingerprint density at radius 1 is 0.675 bits per heavy atom. The molecule has 190 valence electrons. The van der Waals surface area contributed by atoms with Crippen LogP contribution in [0.15, 0.2) is 128 Å².